The number of hydrogen-bond acceptors (Lipinski definition) is 4. The first-order valence-corrected chi connectivity index (χ1v) is 4.33. The van der Waals surface area contributed by atoms with E-state index in [9.17, 15) is 10.1 Å². The highest BCUT2D eigenvalue weighted by atomic mass is 16.6. The maximum Gasteiger partial charge on any atom is 0.269 e. The van der Waals surface area contributed by atoms with E-state index < -0.39 is 4.92 Å². The Morgan fingerprint density at radius 2 is 1.80 bits per heavy atom. The van der Waals surface area contributed by atoms with E-state index in [0.717, 1.165) is 5.56 Å². The number of nitro groups is 1. The van der Waals surface area contributed by atoms with E-state index in [4.69, 9.17) is 0 Å². The van der Waals surface area contributed by atoms with Gasteiger partial charge in [-0.2, -0.15) is 15.0 Å². The molecule has 6 nitrogen and oxygen atoms in total. The molecule has 0 radical (unpaired) electrons. The number of rotatable bonds is 3. The summed E-state index contributed by atoms with van der Waals surface area (Å²) < 4.78 is 0. The van der Waals surface area contributed by atoms with Crippen molar-refractivity contribution in [3.05, 3.63) is 52.3 Å². The van der Waals surface area contributed by atoms with Gasteiger partial charge in [0.25, 0.3) is 5.69 Å². The minimum Gasteiger partial charge on any atom is -0.258 e. The molecule has 1 aromatic heterocycles. The molecule has 0 aliphatic carbocycles. The van der Waals surface area contributed by atoms with Gasteiger partial charge in [-0.1, -0.05) is 12.1 Å². The van der Waals surface area contributed by atoms with Gasteiger partial charge < -0.3 is 0 Å². The second-order valence-corrected chi connectivity index (χ2v) is 2.98. The first kappa shape index (κ1) is 9.32. The lowest BCUT2D eigenvalue weighted by atomic mass is 10.2. The molecule has 2 rings (SSSR count). The normalized spacial score (nSPS) is 10.1. The van der Waals surface area contributed by atoms with Gasteiger partial charge in [0.2, 0.25) is 0 Å². The number of nitrogens with zero attached hydrogens (tertiary/aromatic N) is 4. The van der Waals surface area contributed by atoms with Crippen LogP contribution in [0.3, 0.4) is 0 Å². The van der Waals surface area contributed by atoms with Gasteiger partial charge in [0.1, 0.15) is 0 Å². The fraction of sp³-hybridized carbons (Fsp3) is 0.111. The van der Waals surface area contributed by atoms with Crippen LogP contribution in [0.2, 0.25) is 0 Å². The Hall–Kier alpha value is -2.24. The fourth-order valence-corrected chi connectivity index (χ4v) is 1.21. The van der Waals surface area contributed by atoms with Crippen molar-refractivity contribution in [2.75, 3.05) is 0 Å². The predicted molar refractivity (Wildman–Crippen MR) is 52.2 cm³/mol. The molecule has 0 fully saturated rings. The summed E-state index contributed by atoms with van der Waals surface area (Å²) in [5.74, 6) is 0. The van der Waals surface area contributed by atoms with Crippen LogP contribution in [-0.4, -0.2) is 19.9 Å². The molecule has 0 saturated heterocycles. The largest absolute Gasteiger partial charge is 0.269 e. The molecule has 0 aliphatic rings. The van der Waals surface area contributed by atoms with Crippen LogP contribution in [-0.2, 0) is 6.54 Å². The highest BCUT2D eigenvalue weighted by molar-refractivity contribution is 5.32. The molecule has 0 N–H and O–H groups in total. The third-order valence-corrected chi connectivity index (χ3v) is 1.94. The lowest BCUT2D eigenvalue weighted by Crippen LogP contribution is -2.03. The SMILES string of the molecule is O=[N+]([O-])c1ccc(Cn2nccn2)cc1. The minimum absolute atomic E-state index is 0.0900. The van der Waals surface area contributed by atoms with Crippen molar-refractivity contribution in [3.8, 4) is 0 Å². The highest BCUT2D eigenvalue weighted by Crippen LogP contribution is 2.12. The molecule has 0 amide bonds. The zero-order valence-corrected chi connectivity index (χ0v) is 7.78. The van der Waals surface area contributed by atoms with E-state index in [0.29, 0.717) is 6.54 Å². The number of benzene rings is 1. The molecule has 6 heteroatoms. The molecule has 76 valence electrons. The van der Waals surface area contributed by atoms with Gasteiger partial charge in [0.15, 0.2) is 0 Å². The molecule has 1 aromatic carbocycles. The van der Waals surface area contributed by atoms with E-state index in [1.807, 2.05) is 0 Å². The first-order chi connectivity index (χ1) is 7.25. The summed E-state index contributed by atoms with van der Waals surface area (Å²) in [6, 6.07) is 6.33. The molecular formula is C9H8N4O2. The summed E-state index contributed by atoms with van der Waals surface area (Å²) in [6.07, 6.45) is 3.18. The zero-order valence-electron chi connectivity index (χ0n) is 7.78. The van der Waals surface area contributed by atoms with Crippen molar-refractivity contribution >= 4 is 5.69 Å². The number of aromatic nitrogens is 3. The smallest absolute Gasteiger partial charge is 0.258 e. The van der Waals surface area contributed by atoms with E-state index in [-0.39, 0.29) is 5.69 Å². The van der Waals surface area contributed by atoms with Crippen LogP contribution in [0.15, 0.2) is 36.7 Å². The Morgan fingerprint density at radius 1 is 1.20 bits per heavy atom. The van der Waals surface area contributed by atoms with Crippen LogP contribution < -0.4 is 0 Å². The molecule has 2 aromatic rings. The maximum absolute atomic E-state index is 10.4. The zero-order chi connectivity index (χ0) is 10.7. The standard InChI is InChI=1S/C9H8N4O2/c14-13(15)9-3-1-8(2-4-9)7-12-10-5-6-11-12/h1-6H,7H2. The summed E-state index contributed by atoms with van der Waals surface area (Å²) in [7, 11) is 0. The van der Waals surface area contributed by atoms with Crippen molar-refractivity contribution in [2.45, 2.75) is 6.54 Å². The van der Waals surface area contributed by atoms with Gasteiger partial charge >= 0.3 is 0 Å². The Labute approximate surface area is 85.3 Å². The van der Waals surface area contributed by atoms with E-state index in [2.05, 4.69) is 10.2 Å². The molecule has 0 bridgehead atoms. The molecule has 0 saturated carbocycles. The Kier molecular flexibility index (Phi) is 2.40. The van der Waals surface area contributed by atoms with Crippen molar-refractivity contribution in [1.82, 2.24) is 15.0 Å². The Morgan fingerprint density at radius 3 is 2.33 bits per heavy atom. The van der Waals surface area contributed by atoms with Gasteiger partial charge in [-0.05, 0) is 5.56 Å². The fourth-order valence-electron chi connectivity index (χ4n) is 1.21. The second-order valence-electron chi connectivity index (χ2n) is 2.98. The summed E-state index contributed by atoms with van der Waals surface area (Å²) in [6.45, 7) is 0.519. The molecule has 0 atom stereocenters. The number of non-ortho nitro benzene ring substituents is 1. The Balaban J connectivity index is 2.14. The van der Waals surface area contributed by atoms with Crippen LogP contribution in [0.5, 0.6) is 0 Å². The van der Waals surface area contributed by atoms with E-state index in [1.165, 1.54) is 16.9 Å². The van der Waals surface area contributed by atoms with Crippen molar-refractivity contribution in [3.63, 3.8) is 0 Å². The van der Waals surface area contributed by atoms with E-state index >= 15 is 0 Å². The number of hydrogen-bond donors (Lipinski definition) is 0. The average molecular weight is 204 g/mol. The van der Waals surface area contributed by atoms with Crippen LogP contribution >= 0.6 is 0 Å². The molecular weight excluding hydrogens is 196 g/mol. The summed E-state index contributed by atoms with van der Waals surface area (Å²) in [5.41, 5.74) is 1.02. The highest BCUT2D eigenvalue weighted by Gasteiger charge is 2.04. The van der Waals surface area contributed by atoms with Gasteiger partial charge in [0.05, 0.1) is 23.9 Å². The molecule has 0 spiro atoms. The maximum atomic E-state index is 10.4. The van der Waals surface area contributed by atoms with Crippen molar-refractivity contribution < 1.29 is 4.92 Å². The Bertz CT molecular complexity index is 449. The number of nitro benzene ring substituents is 1. The molecule has 15 heavy (non-hydrogen) atoms. The molecule has 0 aliphatic heterocycles. The lowest BCUT2D eigenvalue weighted by molar-refractivity contribution is -0.384. The minimum atomic E-state index is -0.421. The summed E-state index contributed by atoms with van der Waals surface area (Å²) >= 11 is 0. The quantitative estimate of drug-likeness (QED) is 0.556. The van der Waals surface area contributed by atoms with Gasteiger partial charge in [0, 0.05) is 12.1 Å². The van der Waals surface area contributed by atoms with Gasteiger partial charge in [-0.3, -0.25) is 10.1 Å². The predicted octanol–water partition coefficient (Wildman–Crippen LogP) is 1.23. The summed E-state index contributed by atoms with van der Waals surface area (Å²) in [5, 5.41) is 18.3. The summed E-state index contributed by atoms with van der Waals surface area (Å²) in [4.78, 5) is 11.5. The molecule has 0 unspecified atom stereocenters. The molecule has 1 heterocycles. The van der Waals surface area contributed by atoms with Gasteiger partial charge in [-0.15, -0.1) is 0 Å². The van der Waals surface area contributed by atoms with Gasteiger partial charge in [-0.25, -0.2) is 0 Å². The van der Waals surface area contributed by atoms with Crippen LogP contribution in [0, 0.1) is 10.1 Å². The lowest BCUT2D eigenvalue weighted by Gasteiger charge is -1.99. The van der Waals surface area contributed by atoms with Crippen LogP contribution in [0.4, 0.5) is 5.69 Å². The van der Waals surface area contributed by atoms with Crippen molar-refractivity contribution in [1.29, 1.82) is 0 Å². The van der Waals surface area contributed by atoms with Crippen LogP contribution in [0.25, 0.3) is 0 Å². The monoisotopic (exact) mass is 204 g/mol. The average Bonchev–Trinajstić information content (AvgIpc) is 2.71. The van der Waals surface area contributed by atoms with E-state index in [1.54, 1.807) is 24.5 Å². The van der Waals surface area contributed by atoms with Crippen molar-refractivity contribution in [2.24, 2.45) is 0 Å². The first-order valence-electron chi connectivity index (χ1n) is 4.33. The topological polar surface area (TPSA) is 73.8 Å². The second kappa shape index (κ2) is 3.87. The third kappa shape index (κ3) is 2.16. The van der Waals surface area contributed by atoms with Crippen LogP contribution in [0.1, 0.15) is 5.56 Å². The third-order valence-electron chi connectivity index (χ3n) is 1.94.